The molecule has 0 N–H and O–H groups in total. The van der Waals surface area contributed by atoms with E-state index in [0.717, 1.165) is 0 Å². The highest BCUT2D eigenvalue weighted by Crippen LogP contribution is 2.28. The maximum atomic E-state index is 5.90. The first kappa shape index (κ1) is 22.8. The Kier molecular flexibility index (Phi) is 16.0. The standard InChI is InChI=1S/C12H25Cl3O6Si/c1-16-3-5-18-7-9-20-12(11-22(13,14)15)21-10-8-19-6-4-17-2/h12H,3-11H2,1-2H3. The highest BCUT2D eigenvalue weighted by Gasteiger charge is 2.30. The third kappa shape index (κ3) is 17.2. The summed E-state index contributed by atoms with van der Waals surface area (Å²) < 4.78 is 31.4. The lowest BCUT2D eigenvalue weighted by Crippen LogP contribution is -2.28. The molecule has 0 amide bonds. The molecule has 22 heavy (non-hydrogen) atoms. The summed E-state index contributed by atoms with van der Waals surface area (Å²) >= 11 is 17.7. The van der Waals surface area contributed by atoms with Crippen LogP contribution < -0.4 is 0 Å². The van der Waals surface area contributed by atoms with Crippen molar-refractivity contribution >= 4 is 39.2 Å². The van der Waals surface area contributed by atoms with Crippen LogP contribution in [0, 0.1) is 0 Å². The number of hydrogen-bond donors (Lipinski definition) is 0. The molecule has 0 spiro atoms. The predicted molar refractivity (Wildman–Crippen MR) is 89.2 cm³/mol. The van der Waals surface area contributed by atoms with E-state index >= 15 is 0 Å². The lowest BCUT2D eigenvalue weighted by Gasteiger charge is -2.21. The lowest BCUT2D eigenvalue weighted by molar-refractivity contribution is -0.148. The van der Waals surface area contributed by atoms with Gasteiger partial charge in [0.1, 0.15) is 0 Å². The second kappa shape index (κ2) is 15.4. The zero-order valence-electron chi connectivity index (χ0n) is 13.0. The van der Waals surface area contributed by atoms with Crippen LogP contribution in [0.25, 0.3) is 0 Å². The number of methoxy groups -OCH3 is 2. The van der Waals surface area contributed by atoms with Gasteiger partial charge in [-0.1, -0.05) is 0 Å². The smallest absolute Gasteiger partial charge is 0.346 e. The molecule has 0 fully saturated rings. The first-order valence-electron chi connectivity index (χ1n) is 6.93. The number of rotatable bonds is 16. The summed E-state index contributed by atoms with van der Waals surface area (Å²) in [4.78, 5) is 0. The van der Waals surface area contributed by atoms with E-state index < -0.39 is 12.3 Å². The van der Waals surface area contributed by atoms with E-state index in [1.54, 1.807) is 14.2 Å². The van der Waals surface area contributed by atoms with E-state index in [2.05, 4.69) is 0 Å². The SMILES string of the molecule is COCCOCCOC(C[Si](Cl)(Cl)Cl)OCCOCCOC. The monoisotopic (exact) mass is 398 g/mol. The summed E-state index contributed by atoms with van der Waals surface area (Å²) in [5.74, 6) is 0. The first-order valence-corrected chi connectivity index (χ1v) is 12.2. The van der Waals surface area contributed by atoms with Crippen molar-refractivity contribution in [3.8, 4) is 0 Å². The van der Waals surface area contributed by atoms with Crippen molar-refractivity contribution in [1.82, 2.24) is 0 Å². The topological polar surface area (TPSA) is 55.4 Å². The van der Waals surface area contributed by atoms with Crippen LogP contribution in [0.1, 0.15) is 0 Å². The summed E-state index contributed by atoms with van der Waals surface area (Å²) in [5, 5.41) is 0. The average Bonchev–Trinajstić information content (AvgIpc) is 2.44. The van der Waals surface area contributed by atoms with Gasteiger partial charge < -0.3 is 28.4 Å². The molecule has 6 nitrogen and oxygen atoms in total. The Hall–Kier alpha value is 0.847. The fourth-order valence-corrected chi connectivity index (χ4v) is 3.07. The molecule has 0 unspecified atom stereocenters. The Balaban J connectivity index is 3.80. The maximum Gasteiger partial charge on any atom is 0.346 e. The molecular formula is C12H25Cl3O6Si. The second-order valence-corrected chi connectivity index (χ2v) is 13.4. The van der Waals surface area contributed by atoms with Crippen molar-refractivity contribution < 1.29 is 28.4 Å². The Morgan fingerprint density at radius 1 is 0.682 bits per heavy atom. The van der Waals surface area contributed by atoms with Gasteiger partial charge in [0.25, 0.3) is 0 Å². The Morgan fingerprint density at radius 2 is 1.09 bits per heavy atom. The van der Waals surface area contributed by atoms with Crippen LogP contribution in [0.2, 0.25) is 6.04 Å². The van der Waals surface area contributed by atoms with Crippen molar-refractivity contribution in [2.45, 2.75) is 12.3 Å². The fraction of sp³-hybridized carbons (Fsp3) is 1.00. The Labute approximate surface area is 147 Å². The van der Waals surface area contributed by atoms with Crippen molar-refractivity contribution in [3.63, 3.8) is 0 Å². The van der Waals surface area contributed by atoms with E-state index in [4.69, 9.17) is 61.7 Å². The van der Waals surface area contributed by atoms with E-state index in [9.17, 15) is 0 Å². The molecule has 0 atom stereocenters. The van der Waals surface area contributed by atoms with Gasteiger partial charge in [0, 0.05) is 20.3 Å². The van der Waals surface area contributed by atoms with Gasteiger partial charge in [-0.2, -0.15) is 0 Å². The molecule has 0 saturated heterocycles. The predicted octanol–water partition coefficient (Wildman–Crippen LogP) is 2.33. The molecule has 0 aromatic heterocycles. The van der Waals surface area contributed by atoms with Crippen LogP contribution in [-0.4, -0.2) is 79.4 Å². The lowest BCUT2D eigenvalue weighted by atomic mass is 10.6. The highest BCUT2D eigenvalue weighted by molar-refractivity contribution is 7.64. The van der Waals surface area contributed by atoms with Gasteiger partial charge >= 0.3 is 6.00 Å². The number of halogens is 3. The van der Waals surface area contributed by atoms with E-state index in [1.807, 2.05) is 0 Å². The van der Waals surface area contributed by atoms with Crippen molar-refractivity contribution in [2.24, 2.45) is 0 Å². The van der Waals surface area contributed by atoms with Crippen molar-refractivity contribution in [1.29, 1.82) is 0 Å². The van der Waals surface area contributed by atoms with E-state index in [1.165, 1.54) is 0 Å². The second-order valence-electron chi connectivity index (χ2n) is 4.20. The molecule has 0 saturated carbocycles. The van der Waals surface area contributed by atoms with Crippen molar-refractivity contribution in [3.05, 3.63) is 0 Å². The number of hydrogen-bond acceptors (Lipinski definition) is 6. The number of ether oxygens (including phenoxy) is 6. The molecule has 134 valence electrons. The van der Waals surface area contributed by atoms with Crippen molar-refractivity contribution in [2.75, 3.05) is 67.1 Å². The Bertz CT molecular complexity index is 229. The normalized spacial score (nSPS) is 12.3. The fourth-order valence-electron chi connectivity index (χ4n) is 1.32. The van der Waals surface area contributed by atoms with Crippen LogP contribution in [0.4, 0.5) is 0 Å². The van der Waals surface area contributed by atoms with Crippen LogP contribution in [-0.2, 0) is 28.4 Å². The summed E-state index contributed by atoms with van der Waals surface area (Å²) in [7, 11) is 3.23. The third-order valence-corrected chi connectivity index (χ3v) is 4.51. The molecule has 0 aromatic rings. The minimum Gasteiger partial charge on any atom is -0.382 e. The minimum absolute atomic E-state index is 0.258. The molecule has 0 bridgehead atoms. The molecular weight excluding hydrogens is 375 g/mol. The summed E-state index contributed by atoms with van der Waals surface area (Å²) in [6.45, 7) is 3.67. The summed E-state index contributed by atoms with van der Waals surface area (Å²) in [6, 6.07) is -2.58. The molecule has 10 heteroatoms. The van der Waals surface area contributed by atoms with Gasteiger partial charge in [-0.25, -0.2) is 0 Å². The minimum atomic E-state index is -2.84. The van der Waals surface area contributed by atoms with Gasteiger partial charge in [-0.3, -0.25) is 0 Å². The zero-order valence-corrected chi connectivity index (χ0v) is 16.3. The summed E-state index contributed by atoms with van der Waals surface area (Å²) in [5.41, 5.74) is 0. The molecule has 0 heterocycles. The van der Waals surface area contributed by atoms with E-state index in [-0.39, 0.29) is 6.04 Å². The van der Waals surface area contributed by atoms with Gasteiger partial charge in [-0.05, 0) is 0 Å². The van der Waals surface area contributed by atoms with Crippen LogP contribution in [0.5, 0.6) is 0 Å². The first-order chi connectivity index (χ1) is 10.5. The van der Waals surface area contributed by atoms with Gasteiger partial charge in [-0.15, -0.1) is 33.2 Å². The molecule has 0 aliphatic rings. The molecule has 0 rings (SSSR count). The molecule has 0 aliphatic heterocycles. The van der Waals surface area contributed by atoms with E-state index in [0.29, 0.717) is 52.9 Å². The highest BCUT2D eigenvalue weighted by atomic mass is 35.8. The van der Waals surface area contributed by atoms with Crippen LogP contribution >= 0.6 is 33.2 Å². The largest absolute Gasteiger partial charge is 0.382 e. The van der Waals surface area contributed by atoms with Crippen LogP contribution in [0.15, 0.2) is 0 Å². The Morgan fingerprint density at radius 3 is 1.45 bits per heavy atom. The average molecular weight is 400 g/mol. The molecule has 0 aliphatic carbocycles. The molecule has 0 aromatic carbocycles. The van der Waals surface area contributed by atoms with Gasteiger partial charge in [0.15, 0.2) is 6.29 Å². The van der Waals surface area contributed by atoms with Gasteiger partial charge in [0.05, 0.1) is 52.9 Å². The van der Waals surface area contributed by atoms with Crippen LogP contribution in [0.3, 0.4) is 0 Å². The zero-order chi connectivity index (χ0) is 16.7. The summed E-state index contributed by atoms with van der Waals surface area (Å²) in [6.07, 6.45) is -0.573. The quantitative estimate of drug-likeness (QED) is 0.172. The van der Waals surface area contributed by atoms with Gasteiger partial charge in [0.2, 0.25) is 0 Å². The third-order valence-electron chi connectivity index (χ3n) is 2.32. The molecule has 0 radical (unpaired) electrons. The maximum absolute atomic E-state index is 5.90.